The van der Waals surface area contributed by atoms with E-state index in [1.54, 1.807) is 0 Å². The number of carboxylic acid groups (broad SMARTS) is 1. The number of fused-ring (bicyclic) bond motifs is 1. The fourth-order valence-corrected chi connectivity index (χ4v) is 2.94. The zero-order valence-electron chi connectivity index (χ0n) is 11.1. The third kappa shape index (κ3) is 3.29. The highest BCUT2D eigenvalue weighted by Gasteiger charge is 2.37. The first-order chi connectivity index (χ1) is 9.91. The Morgan fingerprint density at radius 2 is 1.95 bits per heavy atom. The van der Waals surface area contributed by atoms with Gasteiger partial charge in [-0.1, -0.05) is 6.42 Å². The number of hydrogen-bond acceptors (Lipinski definition) is 3. The number of anilines is 1. The fraction of sp³-hybridized carbons (Fsp3) is 0.357. The maximum absolute atomic E-state index is 13.3. The summed E-state index contributed by atoms with van der Waals surface area (Å²) in [7, 11) is 0. The Morgan fingerprint density at radius 3 is 2.62 bits per heavy atom. The maximum atomic E-state index is 13.3. The van der Waals surface area contributed by atoms with Crippen molar-refractivity contribution < 1.29 is 23.9 Å². The molecular formula is C14H13BrFNO4. The largest absolute Gasteiger partial charge is 0.481 e. The molecule has 0 bridgehead atoms. The molecule has 0 saturated carbocycles. The van der Waals surface area contributed by atoms with Gasteiger partial charge in [0.25, 0.3) is 11.7 Å². The lowest BCUT2D eigenvalue weighted by Crippen LogP contribution is -2.30. The number of benzene rings is 1. The van der Waals surface area contributed by atoms with Crippen LogP contribution < -0.4 is 4.90 Å². The molecule has 5 nitrogen and oxygen atoms in total. The van der Waals surface area contributed by atoms with Gasteiger partial charge in [-0.2, -0.15) is 0 Å². The van der Waals surface area contributed by atoms with Gasteiger partial charge >= 0.3 is 5.97 Å². The highest BCUT2D eigenvalue weighted by Crippen LogP contribution is 2.37. The zero-order valence-corrected chi connectivity index (χ0v) is 12.7. The number of aliphatic carboxylic acids is 1. The maximum Gasteiger partial charge on any atom is 0.303 e. The van der Waals surface area contributed by atoms with Crippen molar-refractivity contribution >= 4 is 39.3 Å². The number of carboxylic acids is 1. The molecule has 0 fully saturated rings. The summed E-state index contributed by atoms with van der Waals surface area (Å²) < 4.78 is 13.7. The van der Waals surface area contributed by atoms with Gasteiger partial charge in [0.1, 0.15) is 5.82 Å². The van der Waals surface area contributed by atoms with E-state index in [2.05, 4.69) is 15.9 Å². The van der Waals surface area contributed by atoms with Gasteiger partial charge < -0.3 is 10.0 Å². The summed E-state index contributed by atoms with van der Waals surface area (Å²) >= 11 is 3.17. The van der Waals surface area contributed by atoms with Crippen molar-refractivity contribution in [3.8, 4) is 0 Å². The van der Waals surface area contributed by atoms with Crippen LogP contribution in [0.15, 0.2) is 16.6 Å². The van der Waals surface area contributed by atoms with Gasteiger partial charge in [0.05, 0.1) is 11.3 Å². The lowest BCUT2D eigenvalue weighted by molar-refractivity contribution is -0.137. The lowest BCUT2D eigenvalue weighted by Gasteiger charge is -2.17. The molecule has 1 heterocycles. The second kappa shape index (κ2) is 6.34. The van der Waals surface area contributed by atoms with Crippen molar-refractivity contribution in [3.05, 3.63) is 28.0 Å². The summed E-state index contributed by atoms with van der Waals surface area (Å²) in [4.78, 5) is 35.5. The second-order valence-corrected chi connectivity index (χ2v) is 5.63. The molecular weight excluding hydrogens is 345 g/mol. The molecule has 0 radical (unpaired) electrons. The molecule has 1 aliphatic rings. The van der Waals surface area contributed by atoms with Crippen molar-refractivity contribution in [2.75, 3.05) is 11.4 Å². The van der Waals surface area contributed by atoms with Gasteiger partial charge in [-0.05, 0) is 40.9 Å². The van der Waals surface area contributed by atoms with Crippen molar-refractivity contribution in [2.45, 2.75) is 25.7 Å². The van der Waals surface area contributed by atoms with Crippen LogP contribution in [0.5, 0.6) is 0 Å². The summed E-state index contributed by atoms with van der Waals surface area (Å²) in [6.07, 6.45) is 1.81. The normalized spacial score (nSPS) is 13.7. The minimum Gasteiger partial charge on any atom is -0.481 e. The number of carbonyl (C=O) groups excluding carboxylic acids is 2. The average Bonchev–Trinajstić information content (AvgIpc) is 2.63. The predicted octanol–water partition coefficient (Wildman–Crippen LogP) is 2.76. The number of hydrogen-bond donors (Lipinski definition) is 1. The number of halogens is 2. The summed E-state index contributed by atoms with van der Waals surface area (Å²) in [6.45, 7) is 0.307. The quantitative estimate of drug-likeness (QED) is 0.627. The zero-order chi connectivity index (χ0) is 15.6. The molecule has 0 unspecified atom stereocenters. The number of Topliss-reactive ketones (excluding diaryl/α,β-unsaturated/α-hetero) is 1. The van der Waals surface area contributed by atoms with Gasteiger partial charge in [-0.3, -0.25) is 14.4 Å². The van der Waals surface area contributed by atoms with Gasteiger partial charge in [-0.15, -0.1) is 0 Å². The minimum atomic E-state index is -0.856. The Kier molecular flexibility index (Phi) is 4.72. The van der Waals surface area contributed by atoms with Crippen LogP contribution in [0.1, 0.15) is 36.0 Å². The number of unbranched alkanes of at least 4 members (excludes halogenated alkanes) is 2. The molecule has 1 amide bonds. The number of ketones is 1. The van der Waals surface area contributed by atoms with Crippen molar-refractivity contribution in [3.63, 3.8) is 0 Å². The van der Waals surface area contributed by atoms with E-state index in [9.17, 15) is 18.8 Å². The Bertz CT molecular complexity index is 617. The van der Waals surface area contributed by atoms with Gasteiger partial charge in [0, 0.05) is 17.4 Å². The Hall–Kier alpha value is -1.76. The molecule has 1 aromatic rings. The average molecular weight is 358 g/mol. The number of amides is 1. The third-order valence-electron chi connectivity index (χ3n) is 3.25. The van der Waals surface area contributed by atoms with E-state index in [4.69, 9.17) is 5.11 Å². The number of rotatable bonds is 6. The molecule has 1 N–H and O–H groups in total. The minimum absolute atomic E-state index is 0.0670. The van der Waals surface area contributed by atoms with Crippen LogP contribution >= 0.6 is 15.9 Å². The first-order valence-electron chi connectivity index (χ1n) is 6.49. The second-order valence-electron chi connectivity index (χ2n) is 4.77. The predicted molar refractivity (Wildman–Crippen MR) is 76.9 cm³/mol. The highest BCUT2D eigenvalue weighted by molar-refractivity contribution is 9.10. The van der Waals surface area contributed by atoms with Gasteiger partial charge in [0.2, 0.25) is 0 Å². The number of carbonyl (C=O) groups is 3. The summed E-state index contributed by atoms with van der Waals surface area (Å²) in [6, 6.07) is 2.27. The monoisotopic (exact) mass is 357 g/mol. The van der Waals surface area contributed by atoms with E-state index >= 15 is 0 Å². The van der Waals surface area contributed by atoms with Crippen LogP contribution in [0.4, 0.5) is 10.1 Å². The molecule has 2 rings (SSSR count). The molecule has 21 heavy (non-hydrogen) atoms. The summed E-state index contributed by atoms with van der Waals surface area (Å²) in [5, 5.41) is 8.54. The summed E-state index contributed by atoms with van der Waals surface area (Å²) in [5.41, 5.74) is 0.460. The van der Waals surface area contributed by atoms with E-state index in [0.717, 1.165) is 6.07 Å². The SMILES string of the molecule is O=C(O)CCCCCN1C(=O)C(=O)c2cc(F)cc(Br)c21. The lowest BCUT2D eigenvalue weighted by atomic mass is 10.1. The first-order valence-corrected chi connectivity index (χ1v) is 7.28. The molecule has 1 aliphatic heterocycles. The molecule has 0 atom stereocenters. The van der Waals surface area contributed by atoms with Crippen LogP contribution in [0.3, 0.4) is 0 Å². The van der Waals surface area contributed by atoms with Crippen LogP contribution in [-0.2, 0) is 9.59 Å². The summed E-state index contributed by atoms with van der Waals surface area (Å²) in [5.74, 6) is -2.82. The molecule has 0 saturated heterocycles. The smallest absolute Gasteiger partial charge is 0.303 e. The molecule has 0 aromatic heterocycles. The third-order valence-corrected chi connectivity index (χ3v) is 3.86. The van der Waals surface area contributed by atoms with Crippen molar-refractivity contribution in [2.24, 2.45) is 0 Å². The van der Waals surface area contributed by atoms with Crippen LogP contribution in [0, 0.1) is 5.82 Å². The fourth-order valence-electron chi connectivity index (χ4n) is 2.29. The van der Waals surface area contributed by atoms with E-state index in [1.165, 1.54) is 11.0 Å². The topological polar surface area (TPSA) is 74.7 Å². The number of nitrogens with zero attached hydrogens (tertiary/aromatic N) is 1. The van der Waals surface area contributed by atoms with Crippen molar-refractivity contribution in [1.82, 2.24) is 0 Å². The first kappa shape index (κ1) is 15.6. The van der Waals surface area contributed by atoms with Crippen molar-refractivity contribution in [1.29, 1.82) is 0 Å². The van der Waals surface area contributed by atoms with Gasteiger partial charge in [-0.25, -0.2) is 4.39 Å². The van der Waals surface area contributed by atoms with E-state index in [1.807, 2.05) is 0 Å². The molecule has 1 aromatic carbocycles. The van der Waals surface area contributed by atoms with Crippen LogP contribution in [-0.4, -0.2) is 29.3 Å². The molecule has 7 heteroatoms. The Balaban J connectivity index is 2.07. The Morgan fingerprint density at radius 1 is 1.24 bits per heavy atom. The van der Waals surface area contributed by atoms with E-state index in [-0.39, 0.29) is 12.0 Å². The van der Waals surface area contributed by atoms with E-state index < -0.39 is 23.5 Å². The Labute approximate surface area is 128 Å². The standard InChI is InChI=1S/C14H13BrFNO4/c15-10-7-8(16)6-9-12(10)17(14(21)13(9)20)5-3-1-2-4-11(18)19/h6-7H,1-5H2,(H,18,19). The molecule has 0 spiro atoms. The molecule has 112 valence electrons. The van der Waals surface area contributed by atoms with Crippen LogP contribution in [0.25, 0.3) is 0 Å². The van der Waals surface area contributed by atoms with Crippen LogP contribution in [0.2, 0.25) is 0 Å². The molecule has 0 aliphatic carbocycles. The van der Waals surface area contributed by atoms with E-state index in [0.29, 0.717) is 36.0 Å². The highest BCUT2D eigenvalue weighted by atomic mass is 79.9. The van der Waals surface area contributed by atoms with Gasteiger partial charge in [0.15, 0.2) is 0 Å².